The Bertz CT molecular complexity index is 1150. The van der Waals surface area contributed by atoms with Crippen molar-refractivity contribution in [1.82, 2.24) is 19.4 Å². The van der Waals surface area contributed by atoms with E-state index in [1.807, 2.05) is 24.5 Å². The second kappa shape index (κ2) is 5.95. The summed E-state index contributed by atoms with van der Waals surface area (Å²) in [6.07, 6.45) is 1.44. The molecule has 9 nitrogen and oxygen atoms in total. The van der Waals surface area contributed by atoms with Crippen molar-refractivity contribution >= 4 is 34.5 Å². The van der Waals surface area contributed by atoms with E-state index in [1.54, 1.807) is 18.2 Å². The van der Waals surface area contributed by atoms with Gasteiger partial charge in [-0.2, -0.15) is 0 Å². The SMILES string of the molecule is Cn1cc(NC(=O)c2ccc3cc4n(c3c2)C(C)(C)CNC4=O)nc1C(=O)O. The number of carbonyl (C=O) groups is 3. The number of rotatable bonds is 3. The van der Waals surface area contributed by atoms with Crippen molar-refractivity contribution in [2.45, 2.75) is 19.4 Å². The summed E-state index contributed by atoms with van der Waals surface area (Å²) in [6.45, 7) is 4.53. The molecule has 0 unspecified atom stereocenters. The van der Waals surface area contributed by atoms with Crippen molar-refractivity contribution in [2.75, 3.05) is 11.9 Å². The Kier molecular flexibility index (Phi) is 3.77. The number of nitrogens with one attached hydrogen (secondary N) is 2. The molecule has 0 atom stereocenters. The van der Waals surface area contributed by atoms with Gasteiger partial charge in [0, 0.05) is 36.3 Å². The van der Waals surface area contributed by atoms with Crippen LogP contribution in [0.5, 0.6) is 0 Å². The Hall–Kier alpha value is -3.62. The number of aromatic carboxylic acids is 1. The molecule has 0 bridgehead atoms. The zero-order chi connectivity index (χ0) is 20.2. The van der Waals surface area contributed by atoms with Gasteiger partial charge in [0.25, 0.3) is 11.8 Å². The zero-order valence-electron chi connectivity index (χ0n) is 15.6. The van der Waals surface area contributed by atoms with E-state index in [9.17, 15) is 14.4 Å². The molecule has 28 heavy (non-hydrogen) atoms. The molecule has 0 saturated heterocycles. The third kappa shape index (κ3) is 2.72. The Balaban J connectivity index is 1.72. The number of amides is 2. The molecule has 0 saturated carbocycles. The third-order valence-corrected chi connectivity index (χ3v) is 4.90. The average Bonchev–Trinajstić information content (AvgIpc) is 3.19. The third-order valence-electron chi connectivity index (χ3n) is 4.90. The summed E-state index contributed by atoms with van der Waals surface area (Å²) in [5.74, 6) is -1.74. The lowest BCUT2D eigenvalue weighted by Gasteiger charge is -2.34. The number of carbonyl (C=O) groups excluding carboxylic acids is 2. The van der Waals surface area contributed by atoms with Crippen LogP contribution in [-0.4, -0.2) is 43.6 Å². The van der Waals surface area contributed by atoms with Gasteiger partial charge in [-0.05, 0) is 32.0 Å². The lowest BCUT2D eigenvalue weighted by atomic mass is 10.0. The van der Waals surface area contributed by atoms with Crippen LogP contribution in [0.25, 0.3) is 10.9 Å². The highest BCUT2D eigenvalue weighted by molar-refractivity contribution is 6.07. The van der Waals surface area contributed by atoms with Gasteiger partial charge in [0.05, 0.1) is 5.54 Å². The van der Waals surface area contributed by atoms with Gasteiger partial charge in [0.2, 0.25) is 5.82 Å². The molecule has 3 N–H and O–H groups in total. The lowest BCUT2D eigenvalue weighted by molar-refractivity contribution is 0.0679. The summed E-state index contributed by atoms with van der Waals surface area (Å²) in [6, 6.07) is 7.00. The lowest BCUT2D eigenvalue weighted by Crippen LogP contribution is -2.47. The monoisotopic (exact) mass is 381 g/mol. The second-order valence-electron chi connectivity index (χ2n) is 7.45. The second-order valence-corrected chi connectivity index (χ2v) is 7.45. The molecule has 0 aliphatic carbocycles. The van der Waals surface area contributed by atoms with Crippen LogP contribution in [0.1, 0.15) is 45.3 Å². The number of carboxylic acid groups (broad SMARTS) is 1. The van der Waals surface area contributed by atoms with Crippen molar-refractivity contribution in [3.05, 3.63) is 47.5 Å². The van der Waals surface area contributed by atoms with Gasteiger partial charge >= 0.3 is 5.97 Å². The number of benzene rings is 1. The molecular weight excluding hydrogens is 362 g/mol. The Morgan fingerprint density at radius 3 is 2.71 bits per heavy atom. The molecule has 2 amide bonds. The highest BCUT2D eigenvalue weighted by atomic mass is 16.4. The first-order valence-corrected chi connectivity index (χ1v) is 8.69. The summed E-state index contributed by atoms with van der Waals surface area (Å²) in [5, 5.41) is 15.4. The molecule has 144 valence electrons. The number of hydrogen-bond donors (Lipinski definition) is 3. The van der Waals surface area contributed by atoms with Crippen molar-refractivity contribution < 1.29 is 19.5 Å². The molecule has 1 aliphatic heterocycles. The van der Waals surface area contributed by atoms with E-state index in [-0.39, 0.29) is 23.1 Å². The first-order valence-electron chi connectivity index (χ1n) is 8.69. The number of aryl methyl sites for hydroxylation is 1. The number of hydrogen-bond acceptors (Lipinski definition) is 4. The van der Waals surface area contributed by atoms with E-state index in [1.165, 1.54) is 17.8 Å². The van der Waals surface area contributed by atoms with Crippen LogP contribution in [0, 0.1) is 0 Å². The minimum atomic E-state index is -1.18. The van der Waals surface area contributed by atoms with Gasteiger partial charge in [-0.3, -0.25) is 9.59 Å². The van der Waals surface area contributed by atoms with Crippen LogP contribution >= 0.6 is 0 Å². The largest absolute Gasteiger partial charge is 0.475 e. The first-order chi connectivity index (χ1) is 13.2. The normalized spacial score (nSPS) is 15.2. The molecule has 9 heteroatoms. The molecule has 3 heterocycles. The Labute approximate surface area is 160 Å². The maximum absolute atomic E-state index is 12.7. The van der Waals surface area contributed by atoms with E-state index < -0.39 is 11.9 Å². The van der Waals surface area contributed by atoms with E-state index in [0.717, 1.165) is 10.9 Å². The van der Waals surface area contributed by atoms with Gasteiger partial charge in [-0.1, -0.05) is 6.07 Å². The van der Waals surface area contributed by atoms with Crippen LogP contribution in [0.15, 0.2) is 30.5 Å². The Morgan fingerprint density at radius 2 is 2.04 bits per heavy atom. The van der Waals surface area contributed by atoms with E-state index in [0.29, 0.717) is 17.8 Å². The van der Waals surface area contributed by atoms with Gasteiger partial charge in [-0.25, -0.2) is 9.78 Å². The van der Waals surface area contributed by atoms with E-state index in [4.69, 9.17) is 5.11 Å². The Morgan fingerprint density at radius 1 is 1.29 bits per heavy atom. The van der Waals surface area contributed by atoms with Crippen LogP contribution in [0.4, 0.5) is 5.82 Å². The zero-order valence-corrected chi connectivity index (χ0v) is 15.6. The van der Waals surface area contributed by atoms with Crippen molar-refractivity contribution in [3.8, 4) is 0 Å². The maximum Gasteiger partial charge on any atom is 0.372 e. The highest BCUT2D eigenvalue weighted by Crippen LogP contribution is 2.31. The quantitative estimate of drug-likeness (QED) is 0.639. The molecule has 0 radical (unpaired) electrons. The molecule has 1 aliphatic rings. The summed E-state index contributed by atoms with van der Waals surface area (Å²) >= 11 is 0. The van der Waals surface area contributed by atoms with Crippen molar-refractivity contribution in [2.24, 2.45) is 7.05 Å². The summed E-state index contributed by atoms with van der Waals surface area (Å²) < 4.78 is 3.27. The van der Waals surface area contributed by atoms with Crippen LogP contribution in [-0.2, 0) is 12.6 Å². The number of carboxylic acids is 1. The molecule has 0 fully saturated rings. The molecule has 3 aromatic rings. The molecule has 0 spiro atoms. The predicted molar refractivity (Wildman–Crippen MR) is 102 cm³/mol. The fourth-order valence-corrected chi connectivity index (χ4v) is 3.54. The fraction of sp³-hybridized carbons (Fsp3) is 0.263. The topological polar surface area (TPSA) is 118 Å². The van der Waals surface area contributed by atoms with Crippen LogP contribution in [0.3, 0.4) is 0 Å². The molecule has 4 rings (SSSR count). The number of nitrogens with zero attached hydrogens (tertiary/aromatic N) is 3. The van der Waals surface area contributed by atoms with Crippen LogP contribution in [0.2, 0.25) is 0 Å². The van der Waals surface area contributed by atoms with Crippen LogP contribution < -0.4 is 10.6 Å². The molecule has 1 aromatic carbocycles. The predicted octanol–water partition coefficient (Wildman–Crippen LogP) is 1.80. The van der Waals surface area contributed by atoms with Gasteiger partial charge < -0.3 is 24.9 Å². The van der Waals surface area contributed by atoms with E-state index >= 15 is 0 Å². The summed E-state index contributed by atoms with van der Waals surface area (Å²) in [5.41, 5.74) is 1.39. The van der Waals surface area contributed by atoms with Gasteiger partial charge in [-0.15, -0.1) is 0 Å². The fourth-order valence-electron chi connectivity index (χ4n) is 3.54. The smallest absolute Gasteiger partial charge is 0.372 e. The van der Waals surface area contributed by atoms with Gasteiger partial charge in [0.15, 0.2) is 5.82 Å². The van der Waals surface area contributed by atoms with E-state index in [2.05, 4.69) is 15.6 Å². The minimum absolute atomic E-state index is 0.142. The summed E-state index contributed by atoms with van der Waals surface area (Å²) in [7, 11) is 1.54. The molecule has 2 aromatic heterocycles. The standard InChI is InChI=1S/C19H19N5O4/c1-19(2)9-20-17(26)13-6-10-4-5-11(7-12(10)24(13)19)16(25)22-14-8-23(3)15(21-14)18(27)28/h4-8H,9H2,1-3H3,(H,20,26)(H,22,25)(H,27,28). The van der Waals surface area contributed by atoms with Crippen molar-refractivity contribution in [3.63, 3.8) is 0 Å². The highest BCUT2D eigenvalue weighted by Gasteiger charge is 2.32. The maximum atomic E-state index is 12.7. The molecular formula is C19H19N5O4. The van der Waals surface area contributed by atoms with Gasteiger partial charge in [0.1, 0.15) is 5.69 Å². The number of imidazole rings is 1. The minimum Gasteiger partial charge on any atom is -0.475 e. The number of fused-ring (bicyclic) bond motifs is 3. The summed E-state index contributed by atoms with van der Waals surface area (Å²) in [4.78, 5) is 39.9. The number of aromatic nitrogens is 3. The number of anilines is 1. The van der Waals surface area contributed by atoms with Crippen molar-refractivity contribution in [1.29, 1.82) is 0 Å². The average molecular weight is 381 g/mol. The first kappa shape index (κ1) is 17.8.